The molecule has 160 valence electrons. The van der Waals surface area contributed by atoms with Gasteiger partial charge in [-0.25, -0.2) is 4.39 Å². The van der Waals surface area contributed by atoms with Gasteiger partial charge in [0.05, 0.1) is 11.7 Å². The van der Waals surface area contributed by atoms with Crippen molar-refractivity contribution in [3.63, 3.8) is 0 Å². The van der Waals surface area contributed by atoms with Crippen LogP contribution in [0.15, 0.2) is 48.7 Å². The lowest BCUT2D eigenvalue weighted by Crippen LogP contribution is -2.43. The Morgan fingerprint density at radius 1 is 1.10 bits per heavy atom. The molecule has 5 heteroatoms. The van der Waals surface area contributed by atoms with Crippen LogP contribution in [0.4, 0.5) is 4.39 Å². The van der Waals surface area contributed by atoms with Gasteiger partial charge in [0.1, 0.15) is 5.82 Å². The first-order chi connectivity index (χ1) is 14.7. The second-order valence-corrected chi connectivity index (χ2v) is 8.92. The molecule has 2 fully saturated rings. The normalized spacial score (nSPS) is 21.4. The molecule has 1 amide bonds. The zero-order valence-electron chi connectivity index (χ0n) is 17.6. The van der Waals surface area contributed by atoms with E-state index < -0.39 is 0 Å². The van der Waals surface area contributed by atoms with Crippen LogP contribution in [0.25, 0.3) is 0 Å². The lowest BCUT2D eigenvalue weighted by Gasteiger charge is -2.37. The van der Waals surface area contributed by atoms with Crippen LogP contribution in [0.1, 0.15) is 62.2 Å². The van der Waals surface area contributed by atoms with Gasteiger partial charge in [-0.15, -0.1) is 0 Å². The van der Waals surface area contributed by atoms with E-state index in [-0.39, 0.29) is 17.8 Å². The molecular formula is C25H32FN3O. The number of likely N-dealkylation sites (tertiary alicyclic amines) is 1. The minimum absolute atomic E-state index is 0.0591. The number of pyridine rings is 1. The number of piperidine rings is 1. The van der Waals surface area contributed by atoms with Gasteiger partial charge in [-0.1, -0.05) is 31.0 Å². The first-order valence-electron chi connectivity index (χ1n) is 11.3. The fraction of sp³-hybridized carbons (Fsp3) is 0.520. The molecular weight excluding hydrogens is 377 g/mol. The van der Waals surface area contributed by atoms with E-state index in [4.69, 9.17) is 0 Å². The molecule has 30 heavy (non-hydrogen) atoms. The number of carbonyl (C=O) groups excluding carboxylic acids is 1. The third kappa shape index (κ3) is 5.66. The summed E-state index contributed by atoms with van der Waals surface area (Å²) < 4.78 is 13.2. The van der Waals surface area contributed by atoms with Crippen LogP contribution in [-0.2, 0) is 11.3 Å². The molecule has 1 saturated carbocycles. The second kappa shape index (κ2) is 10.2. The quantitative estimate of drug-likeness (QED) is 0.710. The number of nitrogens with one attached hydrogen (secondary N) is 1. The third-order valence-corrected chi connectivity index (χ3v) is 6.60. The Kier molecular flexibility index (Phi) is 7.11. The summed E-state index contributed by atoms with van der Waals surface area (Å²) in [5, 5.41) is 3.34. The molecule has 1 saturated heterocycles. The molecule has 0 radical (unpaired) electrons. The average molecular weight is 410 g/mol. The van der Waals surface area contributed by atoms with E-state index >= 15 is 0 Å². The predicted octanol–water partition coefficient (Wildman–Crippen LogP) is 4.87. The van der Waals surface area contributed by atoms with Crippen LogP contribution in [-0.4, -0.2) is 28.9 Å². The molecule has 2 atom stereocenters. The number of halogens is 1. The van der Waals surface area contributed by atoms with E-state index in [1.165, 1.54) is 37.8 Å². The average Bonchev–Trinajstić information content (AvgIpc) is 3.27. The topological polar surface area (TPSA) is 45.2 Å². The molecule has 1 N–H and O–H groups in total. The van der Waals surface area contributed by atoms with E-state index in [2.05, 4.69) is 15.2 Å². The van der Waals surface area contributed by atoms with E-state index in [9.17, 15) is 9.18 Å². The summed E-state index contributed by atoms with van der Waals surface area (Å²) in [7, 11) is 0. The van der Waals surface area contributed by atoms with Crippen molar-refractivity contribution in [2.24, 2.45) is 11.8 Å². The molecule has 2 aromatic rings. The summed E-state index contributed by atoms with van der Waals surface area (Å²) >= 11 is 0. The fourth-order valence-corrected chi connectivity index (χ4v) is 5.06. The number of amides is 1. The second-order valence-electron chi connectivity index (χ2n) is 8.92. The van der Waals surface area contributed by atoms with Gasteiger partial charge in [-0.05, 0) is 73.9 Å². The summed E-state index contributed by atoms with van der Waals surface area (Å²) in [6.45, 7) is 2.74. The van der Waals surface area contributed by atoms with E-state index in [0.29, 0.717) is 18.3 Å². The minimum atomic E-state index is -0.199. The molecule has 1 aromatic heterocycles. The molecule has 1 aliphatic heterocycles. The largest absolute Gasteiger partial charge is 0.347 e. The van der Waals surface area contributed by atoms with Gasteiger partial charge >= 0.3 is 0 Å². The van der Waals surface area contributed by atoms with Crippen LogP contribution in [0.2, 0.25) is 0 Å². The first-order valence-corrected chi connectivity index (χ1v) is 11.3. The Morgan fingerprint density at radius 3 is 2.63 bits per heavy atom. The van der Waals surface area contributed by atoms with Crippen LogP contribution in [0.3, 0.4) is 0 Å². The zero-order valence-corrected chi connectivity index (χ0v) is 17.6. The van der Waals surface area contributed by atoms with E-state index in [0.717, 1.165) is 43.7 Å². The summed E-state index contributed by atoms with van der Waals surface area (Å²) in [5.74, 6) is 0.820. The number of hydrogen-bond donors (Lipinski definition) is 1. The lowest BCUT2D eigenvalue weighted by atomic mass is 9.87. The maximum absolute atomic E-state index is 13.2. The van der Waals surface area contributed by atoms with Gasteiger partial charge in [-0.3, -0.25) is 14.7 Å². The van der Waals surface area contributed by atoms with E-state index in [1.807, 2.05) is 36.5 Å². The van der Waals surface area contributed by atoms with Gasteiger partial charge in [0.2, 0.25) is 5.91 Å². The van der Waals surface area contributed by atoms with Crippen molar-refractivity contribution in [2.75, 3.05) is 13.1 Å². The van der Waals surface area contributed by atoms with Crippen molar-refractivity contribution in [3.05, 3.63) is 65.7 Å². The number of hydrogen-bond acceptors (Lipinski definition) is 3. The molecule has 0 bridgehead atoms. The van der Waals surface area contributed by atoms with Crippen molar-refractivity contribution in [2.45, 2.75) is 57.5 Å². The zero-order chi connectivity index (χ0) is 20.8. The maximum Gasteiger partial charge on any atom is 0.220 e. The Labute approximate surface area is 178 Å². The molecule has 2 aliphatic rings. The van der Waals surface area contributed by atoms with Crippen LogP contribution in [0.5, 0.6) is 0 Å². The van der Waals surface area contributed by atoms with Crippen LogP contribution < -0.4 is 5.32 Å². The van der Waals surface area contributed by atoms with Gasteiger partial charge < -0.3 is 5.32 Å². The molecule has 4 nitrogen and oxygen atoms in total. The SMILES string of the molecule is O=C(CC1CCCC1)N[C@@H](c1ccccn1)[C@@H]1CCCN(Cc2ccc(F)cc2)C1. The third-order valence-electron chi connectivity index (χ3n) is 6.60. The first kappa shape index (κ1) is 21.0. The minimum Gasteiger partial charge on any atom is -0.347 e. The highest BCUT2D eigenvalue weighted by Crippen LogP contribution is 2.31. The number of benzene rings is 1. The molecule has 0 unspecified atom stereocenters. The predicted molar refractivity (Wildman–Crippen MR) is 116 cm³/mol. The fourth-order valence-electron chi connectivity index (χ4n) is 5.06. The number of carbonyl (C=O) groups is 1. The van der Waals surface area contributed by atoms with Gasteiger partial charge in [0.25, 0.3) is 0 Å². The number of rotatable bonds is 7. The van der Waals surface area contributed by atoms with Crippen molar-refractivity contribution >= 4 is 5.91 Å². The smallest absolute Gasteiger partial charge is 0.220 e. The molecule has 4 rings (SSSR count). The molecule has 0 spiro atoms. The Balaban J connectivity index is 1.43. The Hall–Kier alpha value is -2.27. The summed E-state index contributed by atoms with van der Waals surface area (Å²) in [5.41, 5.74) is 2.07. The molecule has 2 heterocycles. The highest BCUT2D eigenvalue weighted by molar-refractivity contribution is 5.76. The van der Waals surface area contributed by atoms with Crippen molar-refractivity contribution in [1.82, 2.24) is 15.2 Å². The Morgan fingerprint density at radius 2 is 1.90 bits per heavy atom. The molecule has 1 aliphatic carbocycles. The van der Waals surface area contributed by atoms with Gasteiger partial charge in [0, 0.05) is 25.7 Å². The van der Waals surface area contributed by atoms with Crippen molar-refractivity contribution in [1.29, 1.82) is 0 Å². The lowest BCUT2D eigenvalue weighted by molar-refractivity contribution is -0.123. The van der Waals surface area contributed by atoms with Crippen molar-refractivity contribution in [3.8, 4) is 0 Å². The van der Waals surface area contributed by atoms with Crippen LogP contribution >= 0.6 is 0 Å². The number of nitrogens with zero attached hydrogens (tertiary/aromatic N) is 2. The van der Waals surface area contributed by atoms with Gasteiger partial charge in [0.15, 0.2) is 0 Å². The standard InChI is InChI=1S/C25H32FN3O/c26-22-12-10-20(11-13-22)17-29-15-5-8-21(18-29)25(23-9-3-4-14-27-23)28-24(30)16-19-6-1-2-7-19/h3-4,9-14,19,21,25H,1-2,5-8,15-18H2,(H,28,30)/t21-,25-/m1/s1. The summed E-state index contributed by atoms with van der Waals surface area (Å²) in [6.07, 6.45) is 9.47. The van der Waals surface area contributed by atoms with Crippen LogP contribution in [0, 0.1) is 17.7 Å². The van der Waals surface area contributed by atoms with Crippen molar-refractivity contribution < 1.29 is 9.18 Å². The van der Waals surface area contributed by atoms with E-state index in [1.54, 1.807) is 0 Å². The summed E-state index contributed by atoms with van der Waals surface area (Å²) in [4.78, 5) is 19.8. The maximum atomic E-state index is 13.2. The highest BCUT2D eigenvalue weighted by Gasteiger charge is 2.31. The van der Waals surface area contributed by atoms with Gasteiger partial charge in [-0.2, -0.15) is 0 Å². The summed E-state index contributed by atoms with van der Waals surface area (Å²) in [6, 6.07) is 12.7. The Bertz CT molecular complexity index is 805. The highest BCUT2D eigenvalue weighted by atomic mass is 19.1. The number of aromatic nitrogens is 1. The monoisotopic (exact) mass is 409 g/mol. The molecule has 1 aromatic carbocycles.